The summed E-state index contributed by atoms with van der Waals surface area (Å²) in [5.74, 6) is -8.15. The molecule has 0 aromatic heterocycles. The molecule has 0 radical (unpaired) electrons. The number of carbonyl (C=O) groups excluding carboxylic acids is 5. The molecule has 4 saturated heterocycles. The van der Waals surface area contributed by atoms with Crippen LogP contribution in [-0.2, 0) is 57.1 Å². The average Bonchev–Trinajstić information content (AvgIpc) is 3.96. The third-order valence-electron chi connectivity index (χ3n) is 16.4. The van der Waals surface area contributed by atoms with Gasteiger partial charge in [-0.25, -0.2) is 4.79 Å². The molecule has 5 fully saturated rings. The highest BCUT2D eigenvalue weighted by Gasteiger charge is 2.54. The predicted molar refractivity (Wildman–Crippen MR) is 275 cm³/mol. The Hall–Kier alpha value is -3.49. The lowest BCUT2D eigenvalue weighted by Gasteiger charge is -2.43. The summed E-state index contributed by atoms with van der Waals surface area (Å²) >= 11 is 0. The van der Waals surface area contributed by atoms with Crippen LogP contribution in [0.4, 0.5) is 0 Å². The summed E-state index contributed by atoms with van der Waals surface area (Å²) in [5, 5.41) is 44.4. The number of hydrogen-bond acceptors (Lipinski definition) is 16. The van der Waals surface area contributed by atoms with E-state index in [9.17, 15) is 44.4 Å². The summed E-state index contributed by atoms with van der Waals surface area (Å²) in [6.07, 6.45) is 6.05. The Morgan fingerprint density at radius 2 is 1.61 bits per heavy atom. The van der Waals surface area contributed by atoms with Gasteiger partial charge in [-0.2, -0.15) is 0 Å². The molecule has 19 atom stereocenters. The van der Waals surface area contributed by atoms with Gasteiger partial charge in [0, 0.05) is 51.4 Å². The quantitative estimate of drug-likeness (QED) is 0.0351. The zero-order chi connectivity index (χ0) is 54.6. The molecule has 0 bridgehead atoms. The number of esters is 1. The van der Waals surface area contributed by atoms with E-state index in [1.54, 1.807) is 46.1 Å². The predicted octanol–water partition coefficient (Wildman–Crippen LogP) is 5.71. The number of methoxy groups -OCH3 is 2. The number of Topliss-reactive ketones (excluding diaryl/α,β-unsaturated/α-hetero) is 3. The van der Waals surface area contributed by atoms with Gasteiger partial charge in [-0.3, -0.25) is 19.2 Å². The molecule has 1 aliphatic carbocycles. The van der Waals surface area contributed by atoms with Gasteiger partial charge in [0.05, 0.1) is 37.6 Å². The monoisotopic (exact) mass is 1040 g/mol. The van der Waals surface area contributed by atoms with E-state index in [1.165, 1.54) is 12.0 Å². The highest BCUT2D eigenvalue weighted by Crippen LogP contribution is 2.39. The van der Waals surface area contributed by atoms with Crippen molar-refractivity contribution in [3.63, 3.8) is 0 Å². The number of ketones is 3. The van der Waals surface area contributed by atoms with Crippen LogP contribution in [0.15, 0.2) is 48.1 Å². The van der Waals surface area contributed by atoms with Crippen LogP contribution < -0.4 is 0 Å². The maximum atomic E-state index is 14.5. The molecule has 0 spiro atoms. The van der Waals surface area contributed by atoms with E-state index < -0.39 is 108 Å². The minimum atomic E-state index is -2.52. The Labute approximate surface area is 439 Å². The molecule has 0 unspecified atom stereocenters. The number of nitrogens with zero attached hydrogens (tertiary/aromatic N) is 1. The van der Waals surface area contributed by atoms with Crippen molar-refractivity contribution < 1.29 is 77.6 Å². The summed E-state index contributed by atoms with van der Waals surface area (Å²) in [4.78, 5) is 72.3. The van der Waals surface area contributed by atoms with Crippen LogP contribution in [0.1, 0.15) is 132 Å². The van der Waals surface area contributed by atoms with Crippen molar-refractivity contribution in [3.05, 3.63) is 48.1 Å². The van der Waals surface area contributed by atoms with Gasteiger partial charge in [-0.1, -0.05) is 71.6 Å². The van der Waals surface area contributed by atoms with Crippen molar-refractivity contribution in [1.29, 1.82) is 0 Å². The second-order valence-corrected chi connectivity index (χ2v) is 22.2. The standard InChI is InChI=1S/C57H89NO16/c1-12-16-32(3)24-36(7)49(62)53(69-11)50(63)37(8)25-34(5)43(60)29-46(35(6)26-39-20-22-42(59)47(27-39)68-10)73-56(66)41-18-14-15-23-58(41)55(65)54(64)57(67)38(9)19-21-40(74-57)28-45(33(4)17-13-2)72-48-31-71-51-44(61)30-70-52(48)51/h12-13,16-17,25,32,34-36,38-42,44-48,50-53,59,61,63,67H,2,14-15,18-24,26-31H2,1,3-11H3/b16-12+,33-17+,37-25+/t32-,34-,35-,36-,38-,39+,40+,41+,42-,44+,45-,46+,47-,48-,50-,51-,52-,53+,57-/m1/s1. The van der Waals surface area contributed by atoms with Crippen LogP contribution in [0.2, 0.25) is 0 Å². The van der Waals surface area contributed by atoms with Crippen molar-refractivity contribution >= 4 is 29.2 Å². The van der Waals surface area contributed by atoms with Crippen LogP contribution in [-0.4, -0.2) is 168 Å². The van der Waals surface area contributed by atoms with Gasteiger partial charge in [-0.15, -0.1) is 0 Å². The maximum absolute atomic E-state index is 14.5. The Bertz CT molecular complexity index is 2000. The number of rotatable bonds is 26. The molecule has 4 aliphatic heterocycles. The molecule has 0 aromatic rings. The highest BCUT2D eigenvalue weighted by atomic mass is 16.6. The fraction of sp³-hybridized carbons (Fsp3) is 0.772. The lowest BCUT2D eigenvalue weighted by molar-refractivity contribution is -0.266. The van der Waals surface area contributed by atoms with Crippen LogP contribution in [0.25, 0.3) is 0 Å². The molecule has 17 nitrogen and oxygen atoms in total. The zero-order valence-corrected chi connectivity index (χ0v) is 45.7. The number of hydrogen-bond donors (Lipinski definition) is 4. The molecular weight excluding hydrogens is 955 g/mol. The first-order valence-corrected chi connectivity index (χ1v) is 27.2. The lowest BCUT2D eigenvalue weighted by atomic mass is 9.78. The molecule has 4 N–H and O–H groups in total. The maximum Gasteiger partial charge on any atom is 0.329 e. The second kappa shape index (κ2) is 28.2. The molecule has 0 aromatic carbocycles. The number of aliphatic hydroxyl groups is 4. The summed E-state index contributed by atoms with van der Waals surface area (Å²) in [6.45, 7) is 18.7. The summed E-state index contributed by atoms with van der Waals surface area (Å²) in [5.41, 5.74) is 1.18. The van der Waals surface area contributed by atoms with Gasteiger partial charge in [0.1, 0.15) is 54.6 Å². The topological polar surface area (TPSA) is 234 Å². The van der Waals surface area contributed by atoms with Crippen LogP contribution in [0.3, 0.4) is 0 Å². The van der Waals surface area contributed by atoms with Crippen LogP contribution in [0.5, 0.6) is 0 Å². The Morgan fingerprint density at radius 3 is 2.28 bits per heavy atom. The largest absolute Gasteiger partial charge is 0.460 e. The van der Waals surface area contributed by atoms with Crippen molar-refractivity contribution in [2.24, 2.45) is 35.5 Å². The van der Waals surface area contributed by atoms with E-state index in [2.05, 4.69) is 6.58 Å². The number of piperidine rings is 1. The Morgan fingerprint density at radius 1 is 0.892 bits per heavy atom. The number of carbonyl (C=O) groups is 5. The molecular formula is C57H89NO16. The first-order valence-electron chi connectivity index (χ1n) is 27.2. The molecule has 74 heavy (non-hydrogen) atoms. The SMILES string of the molecule is C=C/C=C(\C)[C@@H](C[C@@H]1CC[C@@H](C)[C@](O)(C(=O)C(=O)N2CCCC[C@H]2C(=O)O[C@@H](CC(=O)[C@H](C)/C=C(\C)[C@@H](O)[C@@H](OC)C(=O)[C@H](C)C[C@H](C)/C=C/C)[C@H](C)C[C@@H]2CC[C@@H](O)[C@H](OC)C2)O1)O[C@@H]1CO[C@H]2[C@@H]1OC[C@@H]2O. The molecule has 5 aliphatic rings. The molecule has 5 rings (SSSR count). The van der Waals surface area contributed by atoms with Gasteiger partial charge in [-0.05, 0) is 114 Å². The fourth-order valence-corrected chi connectivity index (χ4v) is 11.8. The minimum Gasteiger partial charge on any atom is -0.460 e. The second-order valence-electron chi connectivity index (χ2n) is 22.2. The number of likely N-dealkylation sites (tertiary alicyclic amines) is 1. The third kappa shape index (κ3) is 15.4. The van der Waals surface area contributed by atoms with E-state index in [-0.39, 0.29) is 74.4 Å². The fourth-order valence-electron chi connectivity index (χ4n) is 11.8. The normalized spacial score (nSPS) is 33.2. The van der Waals surface area contributed by atoms with E-state index in [4.69, 9.17) is 33.2 Å². The van der Waals surface area contributed by atoms with E-state index in [0.717, 1.165) is 5.57 Å². The molecule has 1 amide bonds. The van der Waals surface area contributed by atoms with Crippen molar-refractivity contribution in [3.8, 4) is 0 Å². The molecule has 17 heteroatoms. The third-order valence-corrected chi connectivity index (χ3v) is 16.4. The van der Waals surface area contributed by atoms with Crippen LogP contribution >= 0.6 is 0 Å². The minimum absolute atomic E-state index is 0.0476. The van der Waals surface area contributed by atoms with Gasteiger partial charge >= 0.3 is 5.97 Å². The van der Waals surface area contributed by atoms with Crippen molar-refractivity contribution in [2.45, 2.75) is 211 Å². The Kier molecular flexibility index (Phi) is 23.4. The number of allylic oxidation sites excluding steroid dienone is 5. The smallest absolute Gasteiger partial charge is 0.329 e. The van der Waals surface area contributed by atoms with Crippen molar-refractivity contribution in [2.75, 3.05) is 34.0 Å². The summed E-state index contributed by atoms with van der Waals surface area (Å²) < 4.78 is 41.8. The molecule has 418 valence electrons. The van der Waals surface area contributed by atoms with E-state index in [0.29, 0.717) is 63.4 Å². The first-order chi connectivity index (χ1) is 35.1. The van der Waals surface area contributed by atoms with Gasteiger partial charge in [0.25, 0.3) is 11.7 Å². The van der Waals surface area contributed by atoms with Crippen molar-refractivity contribution in [1.82, 2.24) is 4.90 Å². The van der Waals surface area contributed by atoms with Gasteiger partial charge < -0.3 is 58.5 Å². The Balaban J connectivity index is 1.31. The van der Waals surface area contributed by atoms with Crippen LogP contribution in [0, 0.1) is 35.5 Å². The lowest BCUT2D eigenvalue weighted by Crippen LogP contribution is -2.61. The van der Waals surface area contributed by atoms with E-state index in [1.807, 2.05) is 46.8 Å². The number of amides is 1. The summed E-state index contributed by atoms with van der Waals surface area (Å²) in [6, 6.07) is -1.19. The zero-order valence-electron chi connectivity index (χ0n) is 45.7. The first kappa shape index (κ1) is 61.4. The highest BCUT2D eigenvalue weighted by molar-refractivity contribution is 6.39. The van der Waals surface area contributed by atoms with E-state index >= 15 is 0 Å². The van der Waals surface area contributed by atoms with Gasteiger partial charge in [0.15, 0.2) is 5.78 Å². The molecule has 1 saturated carbocycles. The molecule has 4 heterocycles. The number of fused-ring (bicyclic) bond motifs is 1. The number of ether oxygens (including phenoxy) is 7. The average molecular weight is 1040 g/mol. The number of aliphatic hydroxyl groups excluding tert-OH is 3. The van der Waals surface area contributed by atoms with Gasteiger partial charge in [0.2, 0.25) is 5.79 Å². The summed E-state index contributed by atoms with van der Waals surface area (Å²) in [7, 11) is 2.93.